The third-order valence-corrected chi connectivity index (χ3v) is 2.72. The minimum atomic E-state index is 0.414. The number of hydrogen-bond acceptors (Lipinski definition) is 1. The zero-order chi connectivity index (χ0) is 9.84. The van der Waals surface area contributed by atoms with E-state index < -0.39 is 0 Å². The smallest absolute Gasteiger partial charge is 0.0452 e. The molecule has 0 radical (unpaired) electrons. The summed E-state index contributed by atoms with van der Waals surface area (Å²) >= 11 is 12.0. The maximum atomic E-state index is 6.01. The second kappa shape index (κ2) is 4.85. The molecule has 0 saturated carbocycles. The molecule has 1 rings (SSSR count). The van der Waals surface area contributed by atoms with Crippen molar-refractivity contribution >= 4 is 23.2 Å². The summed E-state index contributed by atoms with van der Waals surface area (Å²) in [5, 5.41) is 1.46. The molecule has 0 spiro atoms. The molecule has 0 saturated heterocycles. The van der Waals surface area contributed by atoms with Crippen LogP contribution in [-0.4, -0.2) is 6.54 Å². The molecule has 0 fully saturated rings. The summed E-state index contributed by atoms with van der Waals surface area (Å²) in [5.41, 5.74) is 6.54. The Labute approximate surface area is 88.8 Å². The van der Waals surface area contributed by atoms with Crippen molar-refractivity contribution in [1.29, 1.82) is 0 Å². The zero-order valence-corrected chi connectivity index (χ0v) is 9.07. The van der Waals surface area contributed by atoms with E-state index in [1.807, 2.05) is 18.2 Å². The Balaban J connectivity index is 2.87. The van der Waals surface area contributed by atoms with Crippen LogP contribution in [0.25, 0.3) is 0 Å². The summed E-state index contributed by atoms with van der Waals surface area (Å²) in [7, 11) is 0. The van der Waals surface area contributed by atoms with E-state index in [0.29, 0.717) is 12.5 Å². The van der Waals surface area contributed by atoms with Crippen LogP contribution in [0.1, 0.15) is 12.5 Å². The molecule has 1 nitrogen and oxygen atoms in total. The number of nitrogens with two attached hydrogens (primary N) is 1. The largest absolute Gasteiger partial charge is 0.330 e. The first-order chi connectivity index (χ1) is 6.15. The summed E-state index contributed by atoms with van der Waals surface area (Å²) in [6, 6.07) is 5.55. The molecule has 1 aromatic carbocycles. The van der Waals surface area contributed by atoms with E-state index in [9.17, 15) is 0 Å². The minimum Gasteiger partial charge on any atom is -0.330 e. The molecule has 0 heterocycles. The van der Waals surface area contributed by atoms with Gasteiger partial charge in [0.1, 0.15) is 0 Å². The number of benzene rings is 1. The molecule has 0 aliphatic rings. The molecule has 1 aromatic rings. The van der Waals surface area contributed by atoms with Crippen molar-refractivity contribution in [2.24, 2.45) is 11.7 Å². The van der Waals surface area contributed by atoms with Gasteiger partial charge in [0, 0.05) is 10.0 Å². The van der Waals surface area contributed by atoms with Crippen LogP contribution in [0.2, 0.25) is 10.0 Å². The van der Waals surface area contributed by atoms with Crippen molar-refractivity contribution in [3.8, 4) is 0 Å². The third kappa shape index (κ3) is 2.87. The van der Waals surface area contributed by atoms with Gasteiger partial charge < -0.3 is 5.73 Å². The van der Waals surface area contributed by atoms with E-state index in [1.165, 1.54) is 0 Å². The average Bonchev–Trinajstić information content (AvgIpc) is 2.11. The summed E-state index contributed by atoms with van der Waals surface area (Å²) in [4.78, 5) is 0. The minimum absolute atomic E-state index is 0.414. The maximum Gasteiger partial charge on any atom is 0.0452 e. The summed E-state index contributed by atoms with van der Waals surface area (Å²) in [6.07, 6.45) is 0.842. The van der Waals surface area contributed by atoms with Crippen molar-refractivity contribution in [1.82, 2.24) is 0 Å². The molecular weight excluding hydrogens is 205 g/mol. The van der Waals surface area contributed by atoms with Gasteiger partial charge in [-0.3, -0.25) is 0 Å². The highest BCUT2D eigenvalue weighted by Gasteiger charge is 2.08. The van der Waals surface area contributed by atoms with Gasteiger partial charge in [-0.1, -0.05) is 36.2 Å². The molecule has 2 N–H and O–H groups in total. The Kier molecular flexibility index (Phi) is 4.04. The summed E-state index contributed by atoms with van der Waals surface area (Å²) < 4.78 is 0. The van der Waals surface area contributed by atoms with E-state index in [0.717, 1.165) is 22.0 Å². The topological polar surface area (TPSA) is 26.0 Å². The standard InChI is InChI=1S/C10H13Cl2N/c1-7(6-13)5-8-9(11)3-2-4-10(8)12/h2-4,7H,5-6,13H2,1H3. The fourth-order valence-electron chi connectivity index (χ4n) is 1.16. The molecule has 1 atom stereocenters. The molecule has 0 amide bonds. The molecule has 72 valence electrons. The Bertz CT molecular complexity index is 266. The predicted octanol–water partition coefficient (Wildman–Crippen LogP) is 3.13. The van der Waals surface area contributed by atoms with Crippen LogP contribution in [0, 0.1) is 5.92 Å². The van der Waals surface area contributed by atoms with E-state index in [1.54, 1.807) is 0 Å². The molecule has 0 aromatic heterocycles. The molecule has 3 heteroatoms. The molecule has 13 heavy (non-hydrogen) atoms. The Morgan fingerprint density at radius 2 is 1.85 bits per heavy atom. The van der Waals surface area contributed by atoms with Gasteiger partial charge in [-0.15, -0.1) is 0 Å². The highest BCUT2D eigenvalue weighted by atomic mass is 35.5. The van der Waals surface area contributed by atoms with Crippen molar-refractivity contribution in [3.05, 3.63) is 33.8 Å². The second-order valence-electron chi connectivity index (χ2n) is 3.25. The van der Waals surface area contributed by atoms with Gasteiger partial charge in [0.15, 0.2) is 0 Å². The van der Waals surface area contributed by atoms with Crippen LogP contribution in [0.4, 0.5) is 0 Å². The van der Waals surface area contributed by atoms with Crippen LogP contribution in [0.5, 0.6) is 0 Å². The molecule has 0 aliphatic heterocycles. The van der Waals surface area contributed by atoms with E-state index >= 15 is 0 Å². The Hall–Kier alpha value is -0.240. The second-order valence-corrected chi connectivity index (χ2v) is 4.06. The van der Waals surface area contributed by atoms with Gasteiger partial charge >= 0.3 is 0 Å². The van der Waals surface area contributed by atoms with Gasteiger partial charge in [-0.2, -0.15) is 0 Å². The molecule has 1 unspecified atom stereocenters. The quantitative estimate of drug-likeness (QED) is 0.828. The van der Waals surface area contributed by atoms with Crippen LogP contribution in [0.15, 0.2) is 18.2 Å². The van der Waals surface area contributed by atoms with E-state index in [4.69, 9.17) is 28.9 Å². The van der Waals surface area contributed by atoms with Gasteiger partial charge in [0.05, 0.1) is 0 Å². The molecule has 0 bridgehead atoms. The van der Waals surface area contributed by atoms with Crippen molar-refractivity contribution in [2.75, 3.05) is 6.54 Å². The van der Waals surface area contributed by atoms with Gasteiger partial charge in [0.25, 0.3) is 0 Å². The van der Waals surface area contributed by atoms with Crippen LogP contribution >= 0.6 is 23.2 Å². The fourth-order valence-corrected chi connectivity index (χ4v) is 1.71. The van der Waals surface area contributed by atoms with E-state index in [2.05, 4.69) is 6.92 Å². The lowest BCUT2D eigenvalue weighted by Crippen LogP contribution is -2.13. The lowest BCUT2D eigenvalue weighted by Gasteiger charge is -2.11. The number of halogens is 2. The fraction of sp³-hybridized carbons (Fsp3) is 0.400. The van der Waals surface area contributed by atoms with Crippen molar-refractivity contribution in [3.63, 3.8) is 0 Å². The number of hydrogen-bond donors (Lipinski definition) is 1. The Morgan fingerprint density at radius 1 is 1.31 bits per heavy atom. The predicted molar refractivity (Wildman–Crippen MR) is 58.4 cm³/mol. The summed E-state index contributed by atoms with van der Waals surface area (Å²) in [6.45, 7) is 2.74. The van der Waals surface area contributed by atoms with Gasteiger partial charge in [0.2, 0.25) is 0 Å². The number of rotatable bonds is 3. The van der Waals surface area contributed by atoms with E-state index in [-0.39, 0.29) is 0 Å². The van der Waals surface area contributed by atoms with Crippen LogP contribution < -0.4 is 5.73 Å². The first kappa shape index (κ1) is 10.8. The zero-order valence-electron chi connectivity index (χ0n) is 7.56. The highest BCUT2D eigenvalue weighted by Crippen LogP contribution is 2.26. The van der Waals surface area contributed by atoms with Crippen LogP contribution in [-0.2, 0) is 6.42 Å². The first-order valence-corrected chi connectivity index (χ1v) is 5.03. The lowest BCUT2D eigenvalue weighted by molar-refractivity contribution is 0.593. The maximum absolute atomic E-state index is 6.01. The molecule has 0 aliphatic carbocycles. The van der Waals surface area contributed by atoms with Crippen molar-refractivity contribution in [2.45, 2.75) is 13.3 Å². The molecular formula is C10H13Cl2N. The Morgan fingerprint density at radius 3 is 2.31 bits per heavy atom. The first-order valence-electron chi connectivity index (χ1n) is 4.28. The highest BCUT2D eigenvalue weighted by molar-refractivity contribution is 6.35. The van der Waals surface area contributed by atoms with Crippen molar-refractivity contribution < 1.29 is 0 Å². The third-order valence-electron chi connectivity index (χ3n) is 2.02. The van der Waals surface area contributed by atoms with Gasteiger partial charge in [-0.05, 0) is 36.6 Å². The average molecular weight is 218 g/mol. The monoisotopic (exact) mass is 217 g/mol. The SMILES string of the molecule is CC(CN)Cc1c(Cl)cccc1Cl. The normalized spacial score (nSPS) is 12.9. The lowest BCUT2D eigenvalue weighted by atomic mass is 10.0. The summed E-state index contributed by atoms with van der Waals surface area (Å²) in [5.74, 6) is 0.414. The van der Waals surface area contributed by atoms with Gasteiger partial charge in [-0.25, -0.2) is 0 Å². The van der Waals surface area contributed by atoms with Crippen LogP contribution in [0.3, 0.4) is 0 Å².